The van der Waals surface area contributed by atoms with Gasteiger partial charge in [-0.25, -0.2) is 0 Å². The molecule has 1 heterocycles. The average molecular weight is 602 g/mol. The summed E-state index contributed by atoms with van der Waals surface area (Å²) >= 11 is 0. The molecule has 0 aliphatic carbocycles. The molecule has 212 valence electrons. The summed E-state index contributed by atoms with van der Waals surface area (Å²) in [6.07, 6.45) is 5.22. The second-order valence-corrected chi connectivity index (χ2v) is 14.2. The number of hydrogen-bond acceptors (Lipinski definition) is 5. The number of benzene rings is 5. The third-order valence-corrected chi connectivity index (χ3v) is 11.6. The van der Waals surface area contributed by atoms with Gasteiger partial charge in [-0.15, -0.1) is 0 Å². The Morgan fingerprint density at radius 3 is 1.65 bits per heavy atom. The second kappa shape index (κ2) is 12.5. The Morgan fingerprint density at radius 1 is 0.605 bits per heavy atom. The summed E-state index contributed by atoms with van der Waals surface area (Å²) in [6, 6.07) is 49.0. The van der Waals surface area contributed by atoms with Crippen LogP contribution in [0, 0.1) is 0 Å². The lowest BCUT2D eigenvalue weighted by Gasteiger charge is -2.27. The van der Waals surface area contributed by atoms with Crippen molar-refractivity contribution in [2.24, 2.45) is 4.74 Å². The van der Waals surface area contributed by atoms with Crippen molar-refractivity contribution in [2.45, 2.75) is 5.09 Å². The molecule has 0 spiro atoms. The Morgan fingerprint density at radius 2 is 1.14 bits per heavy atom. The summed E-state index contributed by atoms with van der Waals surface area (Å²) in [4.78, 5) is 0. The minimum atomic E-state index is -4.15. The summed E-state index contributed by atoms with van der Waals surface area (Å²) in [7, 11) is -6.72. The lowest BCUT2D eigenvalue weighted by Crippen LogP contribution is -2.25. The van der Waals surface area contributed by atoms with Crippen LogP contribution < -0.4 is 20.1 Å². The van der Waals surface area contributed by atoms with Gasteiger partial charge >= 0.3 is 10.1 Å². The normalized spacial score (nSPS) is 11.8. The van der Waals surface area contributed by atoms with Crippen LogP contribution in [0.1, 0.15) is 11.1 Å². The van der Waals surface area contributed by atoms with Crippen molar-refractivity contribution < 1.29 is 17.0 Å². The van der Waals surface area contributed by atoms with E-state index in [0.717, 1.165) is 21.5 Å². The van der Waals surface area contributed by atoms with Gasteiger partial charge in [-0.3, -0.25) is 4.74 Å². The monoisotopic (exact) mass is 601 g/mol. The summed E-state index contributed by atoms with van der Waals surface area (Å²) in [5.41, 5.74) is 2.42. The van der Waals surface area contributed by atoms with Crippen molar-refractivity contribution in [1.82, 2.24) is 0 Å². The topological polar surface area (TPSA) is 68.9 Å². The van der Waals surface area contributed by atoms with Gasteiger partial charge in [0.25, 0.3) is 5.09 Å². The van der Waals surface area contributed by atoms with Crippen molar-refractivity contribution in [1.29, 1.82) is 0 Å². The lowest BCUT2D eigenvalue weighted by atomic mass is 10.1. The van der Waals surface area contributed by atoms with Gasteiger partial charge in [0.15, 0.2) is 0 Å². The fourth-order valence-electron chi connectivity index (χ4n) is 4.85. The fourth-order valence-corrected chi connectivity index (χ4v) is 9.26. The van der Waals surface area contributed by atoms with E-state index in [2.05, 4.69) is 36.4 Å². The van der Waals surface area contributed by atoms with Crippen LogP contribution in [0.15, 0.2) is 172 Å². The SMILES string of the molecule is O=S(=O)(Oc1ccc(N=P(c2ccccc2)(c2ccccc2)c2ccccc2)c(C=Cc2ccccc2)c1)c1ccco1. The molecule has 7 heteroatoms. The maximum atomic E-state index is 12.9. The maximum Gasteiger partial charge on any atom is 0.373 e. The van der Waals surface area contributed by atoms with Crippen LogP contribution in [0.2, 0.25) is 0 Å². The molecule has 0 aliphatic heterocycles. The Hall–Kier alpha value is -4.90. The van der Waals surface area contributed by atoms with E-state index in [1.54, 1.807) is 12.1 Å². The first-order chi connectivity index (χ1) is 21.0. The molecular weight excluding hydrogens is 573 g/mol. The van der Waals surface area contributed by atoms with Crippen molar-refractivity contribution in [3.05, 3.63) is 169 Å². The highest BCUT2D eigenvalue weighted by atomic mass is 32.2. The van der Waals surface area contributed by atoms with E-state index >= 15 is 0 Å². The molecule has 0 saturated carbocycles. The predicted octanol–water partition coefficient (Wildman–Crippen LogP) is 8.03. The number of nitrogens with zero attached hydrogens (tertiary/aromatic N) is 1. The molecule has 0 radical (unpaired) electrons. The summed E-state index contributed by atoms with van der Waals surface area (Å²) in [5, 5.41) is 3.05. The van der Waals surface area contributed by atoms with E-state index in [9.17, 15) is 8.42 Å². The number of furan rings is 1. The maximum absolute atomic E-state index is 12.9. The van der Waals surface area contributed by atoms with E-state index in [0.29, 0.717) is 11.3 Å². The summed E-state index contributed by atoms with van der Waals surface area (Å²) in [5.74, 6) is 0.158. The number of hydrogen-bond donors (Lipinski definition) is 0. The highest BCUT2D eigenvalue weighted by molar-refractivity contribution is 7.87. The highest BCUT2D eigenvalue weighted by Crippen LogP contribution is 2.50. The molecule has 0 amide bonds. The van der Waals surface area contributed by atoms with E-state index in [1.165, 1.54) is 18.4 Å². The van der Waals surface area contributed by atoms with Gasteiger partial charge in [0.1, 0.15) is 5.75 Å². The van der Waals surface area contributed by atoms with Crippen molar-refractivity contribution in [3.8, 4) is 5.75 Å². The first-order valence-electron chi connectivity index (χ1n) is 13.7. The molecule has 0 bridgehead atoms. The van der Waals surface area contributed by atoms with Crippen molar-refractivity contribution in [2.75, 3.05) is 0 Å². The zero-order chi connectivity index (χ0) is 29.5. The Bertz CT molecular complexity index is 1890. The third kappa shape index (κ3) is 6.17. The molecule has 5 aromatic carbocycles. The van der Waals surface area contributed by atoms with Crippen LogP contribution in [0.4, 0.5) is 5.69 Å². The zero-order valence-electron chi connectivity index (χ0n) is 23.1. The van der Waals surface area contributed by atoms with Gasteiger partial charge in [0.05, 0.1) is 19.0 Å². The van der Waals surface area contributed by atoms with Gasteiger partial charge in [-0.1, -0.05) is 133 Å². The molecule has 0 fully saturated rings. The Balaban J connectivity index is 1.60. The molecule has 1 aromatic heterocycles. The second-order valence-electron chi connectivity index (χ2n) is 9.68. The van der Waals surface area contributed by atoms with Crippen LogP contribution in [-0.2, 0) is 10.1 Å². The van der Waals surface area contributed by atoms with Crippen LogP contribution in [0.5, 0.6) is 5.75 Å². The number of rotatable bonds is 9. The zero-order valence-corrected chi connectivity index (χ0v) is 24.8. The molecule has 6 aromatic rings. The minimum absolute atomic E-state index is 0.158. The van der Waals surface area contributed by atoms with Crippen molar-refractivity contribution >= 4 is 50.9 Å². The van der Waals surface area contributed by atoms with Crippen LogP contribution in [0.25, 0.3) is 12.2 Å². The average Bonchev–Trinajstić information content (AvgIpc) is 3.62. The van der Waals surface area contributed by atoms with Crippen LogP contribution in [0.3, 0.4) is 0 Å². The first-order valence-corrected chi connectivity index (χ1v) is 16.8. The predicted molar refractivity (Wildman–Crippen MR) is 176 cm³/mol. The van der Waals surface area contributed by atoms with Crippen LogP contribution >= 0.6 is 7.05 Å². The quantitative estimate of drug-likeness (QED) is 0.0956. The molecule has 0 atom stereocenters. The van der Waals surface area contributed by atoms with E-state index < -0.39 is 17.2 Å². The molecule has 0 unspecified atom stereocenters. The van der Waals surface area contributed by atoms with Gasteiger partial charge in [-0.2, -0.15) is 8.42 Å². The fraction of sp³-hybridized carbons (Fsp3) is 0. The summed E-state index contributed by atoms with van der Waals surface area (Å²) in [6.45, 7) is 0. The standard InChI is InChI=1S/C36H28NO4PS/c38-43(39,36-22-13-27-40-36)41-31-25-26-35(30(28-31)24-23-29-14-5-1-6-15-29)37-42(32-16-7-2-8-17-32,33-18-9-3-10-19-33)34-20-11-4-12-21-34/h1-28H. The summed E-state index contributed by atoms with van der Waals surface area (Å²) < 4.78 is 42.0. The lowest BCUT2D eigenvalue weighted by molar-refractivity contribution is 0.410. The van der Waals surface area contributed by atoms with E-state index in [4.69, 9.17) is 13.3 Å². The smallest absolute Gasteiger partial charge is 0.373 e. The molecule has 0 N–H and O–H groups in total. The largest absolute Gasteiger partial charge is 0.450 e. The molecule has 6 rings (SSSR count). The molecule has 5 nitrogen and oxygen atoms in total. The van der Waals surface area contributed by atoms with Gasteiger partial charge < -0.3 is 8.60 Å². The Labute approximate surface area is 251 Å². The van der Waals surface area contributed by atoms with Gasteiger partial charge in [0.2, 0.25) is 0 Å². The molecule has 43 heavy (non-hydrogen) atoms. The first kappa shape index (κ1) is 28.2. The third-order valence-electron chi connectivity index (χ3n) is 6.85. The van der Waals surface area contributed by atoms with Gasteiger partial charge in [-0.05, 0) is 35.9 Å². The molecule has 0 saturated heterocycles. The van der Waals surface area contributed by atoms with Crippen LogP contribution in [-0.4, -0.2) is 8.42 Å². The minimum Gasteiger partial charge on any atom is -0.450 e. The molecular formula is C36H28NO4PS. The highest BCUT2D eigenvalue weighted by Gasteiger charge is 2.28. The molecule has 0 aliphatic rings. The Kier molecular flexibility index (Phi) is 8.23. The van der Waals surface area contributed by atoms with Crippen molar-refractivity contribution in [3.63, 3.8) is 0 Å². The van der Waals surface area contributed by atoms with E-state index in [-0.39, 0.29) is 10.8 Å². The van der Waals surface area contributed by atoms with E-state index in [1.807, 2.05) is 103 Å². The van der Waals surface area contributed by atoms with Gasteiger partial charge in [0, 0.05) is 21.5 Å².